The molecular weight excluding hydrogens is 258 g/mol. The van der Waals surface area contributed by atoms with E-state index in [0.29, 0.717) is 16.0 Å². The Morgan fingerprint density at radius 3 is 2.74 bits per heavy atom. The molecule has 0 aromatic heterocycles. The molecule has 2 rings (SSSR count). The molecule has 1 aromatic carbocycles. The van der Waals surface area contributed by atoms with Crippen molar-refractivity contribution in [1.82, 2.24) is 5.32 Å². The van der Waals surface area contributed by atoms with Gasteiger partial charge < -0.3 is 16.4 Å². The van der Waals surface area contributed by atoms with E-state index >= 15 is 0 Å². The first-order chi connectivity index (χ1) is 9.10. The Balaban J connectivity index is 2.14. The maximum Gasteiger partial charge on any atom is 0.253 e. The van der Waals surface area contributed by atoms with Gasteiger partial charge in [0.2, 0.25) is 0 Å². The number of hydrogen-bond acceptors (Lipinski definition) is 4. The highest BCUT2D eigenvalue weighted by atomic mass is 32.2. The Labute approximate surface area is 118 Å². The van der Waals surface area contributed by atoms with Crippen LogP contribution in [0.5, 0.6) is 0 Å². The van der Waals surface area contributed by atoms with Crippen molar-refractivity contribution >= 4 is 29.0 Å². The Bertz CT molecular complexity index is 466. The number of rotatable bonds is 5. The smallest absolute Gasteiger partial charge is 0.253 e. The molecule has 0 saturated heterocycles. The summed E-state index contributed by atoms with van der Waals surface area (Å²) < 4.78 is 0.324. The molecule has 0 spiro atoms. The van der Waals surface area contributed by atoms with Gasteiger partial charge in [0, 0.05) is 29.7 Å². The Kier molecular flexibility index (Phi) is 4.24. The first-order valence-corrected chi connectivity index (χ1v) is 7.73. The van der Waals surface area contributed by atoms with Crippen molar-refractivity contribution in [2.24, 2.45) is 0 Å². The van der Waals surface area contributed by atoms with E-state index in [2.05, 4.69) is 16.9 Å². The van der Waals surface area contributed by atoms with Crippen molar-refractivity contribution < 1.29 is 4.79 Å². The summed E-state index contributed by atoms with van der Waals surface area (Å²) in [6, 6.07) is 5.35. The molecule has 1 aliphatic rings. The minimum absolute atomic E-state index is 0.0886. The first kappa shape index (κ1) is 14.1. The van der Waals surface area contributed by atoms with E-state index in [1.807, 2.05) is 17.8 Å². The van der Waals surface area contributed by atoms with Gasteiger partial charge in [-0.3, -0.25) is 4.79 Å². The summed E-state index contributed by atoms with van der Waals surface area (Å²) in [6.45, 7) is 0.877. The van der Waals surface area contributed by atoms with E-state index in [9.17, 15) is 4.79 Å². The van der Waals surface area contributed by atoms with Gasteiger partial charge in [-0.1, -0.05) is 6.42 Å². The van der Waals surface area contributed by atoms with Crippen molar-refractivity contribution in [3.63, 3.8) is 0 Å². The van der Waals surface area contributed by atoms with Crippen LogP contribution in [0.2, 0.25) is 0 Å². The second-order valence-electron chi connectivity index (χ2n) is 4.98. The Morgan fingerprint density at radius 1 is 1.47 bits per heavy atom. The quantitative estimate of drug-likeness (QED) is 0.724. The van der Waals surface area contributed by atoms with Crippen molar-refractivity contribution in [3.05, 3.63) is 23.8 Å². The summed E-state index contributed by atoms with van der Waals surface area (Å²) in [6.07, 6.45) is 5.92. The lowest BCUT2D eigenvalue weighted by atomic mass is 9.84. The standard InChI is InChI=1S/C14H21N3OS/c1-16-13(18)11-5-4-10(15)8-12(11)17-9-14(19-2)6-3-7-14/h4-5,8,17H,3,6-7,9,15H2,1-2H3,(H,16,18). The second kappa shape index (κ2) is 5.74. The predicted molar refractivity (Wildman–Crippen MR) is 82.8 cm³/mol. The lowest BCUT2D eigenvalue weighted by Crippen LogP contribution is -2.40. The average molecular weight is 279 g/mol. The molecule has 1 aromatic rings. The molecule has 1 amide bonds. The molecule has 1 saturated carbocycles. The lowest BCUT2D eigenvalue weighted by molar-refractivity contribution is 0.0964. The topological polar surface area (TPSA) is 67.2 Å². The number of carbonyl (C=O) groups is 1. The fourth-order valence-corrected chi connectivity index (χ4v) is 3.23. The maximum absolute atomic E-state index is 11.8. The van der Waals surface area contributed by atoms with Gasteiger partial charge in [0.1, 0.15) is 0 Å². The van der Waals surface area contributed by atoms with Crippen molar-refractivity contribution in [3.8, 4) is 0 Å². The number of thioether (sulfide) groups is 1. The van der Waals surface area contributed by atoms with Crippen LogP contribution in [-0.2, 0) is 0 Å². The molecule has 0 atom stereocenters. The summed E-state index contributed by atoms with van der Waals surface area (Å²) in [5, 5.41) is 6.06. The Hall–Kier alpha value is -1.36. The molecule has 1 aliphatic carbocycles. The third-order valence-electron chi connectivity index (χ3n) is 3.81. The van der Waals surface area contributed by atoms with E-state index in [1.54, 1.807) is 19.2 Å². The molecule has 0 bridgehead atoms. The second-order valence-corrected chi connectivity index (χ2v) is 6.25. The summed E-state index contributed by atoms with van der Waals surface area (Å²) >= 11 is 1.91. The van der Waals surface area contributed by atoms with Gasteiger partial charge in [-0.25, -0.2) is 0 Å². The fraction of sp³-hybridized carbons (Fsp3) is 0.500. The minimum atomic E-state index is -0.0886. The number of hydrogen-bond donors (Lipinski definition) is 3. The zero-order valence-corrected chi connectivity index (χ0v) is 12.3. The van der Waals surface area contributed by atoms with E-state index in [1.165, 1.54) is 19.3 Å². The van der Waals surface area contributed by atoms with Gasteiger partial charge in [-0.15, -0.1) is 0 Å². The van der Waals surface area contributed by atoms with Crippen LogP contribution in [-0.4, -0.2) is 30.5 Å². The number of nitrogens with two attached hydrogens (primary N) is 1. The summed E-state index contributed by atoms with van der Waals surface area (Å²) in [4.78, 5) is 11.8. The molecule has 0 unspecified atom stereocenters. The molecule has 4 nitrogen and oxygen atoms in total. The zero-order chi connectivity index (χ0) is 13.9. The van der Waals surface area contributed by atoms with Gasteiger partial charge in [0.25, 0.3) is 5.91 Å². The predicted octanol–water partition coefficient (Wildman–Crippen LogP) is 2.33. The van der Waals surface area contributed by atoms with Crippen LogP contribution in [0.15, 0.2) is 18.2 Å². The monoisotopic (exact) mass is 279 g/mol. The molecule has 0 radical (unpaired) electrons. The molecule has 0 heterocycles. The SMILES string of the molecule is CNC(=O)c1ccc(N)cc1NCC1(SC)CCC1. The zero-order valence-electron chi connectivity index (χ0n) is 11.5. The van der Waals surface area contributed by atoms with Crippen LogP contribution in [0.4, 0.5) is 11.4 Å². The lowest BCUT2D eigenvalue weighted by Gasteiger charge is -2.40. The van der Waals surface area contributed by atoms with Crippen LogP contribution in [0.1, 0.15) is 29.6 Å². The van der Waals surface area contributed by atoms with E-state index in [4.69, 9.17) is 5.73 Å². The number of amides is 1. The van der Waals surface area contributed by atoms with Crippen LogP contribution in [0.3, 0.4) is 0 Å². The van der Waals surface area contributed by atoms with Crippen molar-refractivity contribution in [2.75, 3.05) is 30.9 Å². The molecule has 5 heteroatoms. The first-order valence-electron chi connectivity index (χ1n) is 6.51. The van der Waals surface area contributed by atoms with Crippen LogP contribution in [0.25, 0.3) is 0 Å². The summed E-state index contributed by atoms with van der Waals surface area (Å²) in [5.74, 6) is -0.0886. The van der Waals surface area contributed by atoms with Gasteiger partial charge in [-0.2, -0.15) is 11.8 Å². The van der Waals surface area contributed by atoms with Crippen LogP contribution >= 0.6 is 11.8 Å². The van der Waals surface area contributed by atoms with E-state index in [-0.39, 0.29) is 5.91 Å². The number of anilines is 2. The molecule has 1 fully saturated rings. The average Bonchev–Trinajstić information content (AvgIpc) is 2.37. The fourth-order valence-electron chi connectivity index (χ4n) is 2.32. The highest BCUT2D eigenvalue weighted by Crippen LogP contribution is 2.42. The number of benzene rings is 1. The van der Waals surface area contributed by atoms with E-state index in [0.717, 1.165) is 12.2 Å². The molecule has 4 N–H and O–H groups in total. The van der Waals surface area contributed by atoms with Crippen LogP contribution in [0, 0.1) is 0 Å². The Morgan fingerprint density at radius 2 is 2.21 bits per heavy atom. The normalized spacial score (nSPS) is 16.5. The molecule has 0 aliphatic heterocycles. The molecule has 19 heavy (non-hydrogen) atoms. The third kappa shape index (κ3) is 2.97. The summed E-state index contributed by atoms with van der Waals surface area (Å²) in [7, 11) is 1.64. The highest BCUT2D eigenvalue weighted by molar-refractivity contribution is 8.00. The summed E-state index contributed by atoms with van der Waals surface area (Å²) in [5.41, 5.74) is 7.94. The maximum atomic E-state index is 11.8. The van der Waals surface area contributed by atoms with Crippen molar-refractivity contribution in [1.29, 1.82) is 0 Å². The number of carbonyl (C=O) groups excluding carboxylic acids is 1. The van der Waals surface area contributed by atoms with E-state index < -0.39 is 0 Å². The molecule has 104 valence electrons. The largest absolute Gasteiger partial charge is 0.399 e. The molecular formula is C14H21N3OS. The van der Waals surface area contributed by atoms with Crippen LogP contribution < -0.4 is 16.4 Å². The van der Waals surface area contributed by atoms with Gasteiger partial charge in [-0.05, 0) is 37.3 Å². The van der Waals surface area contributed by atoms with Gasteiger partial charge >= 0.3 is 0 Å². The highest BCUT2D eigenvalue weighted by Gasteiger charge is 2.35. The van der Waals surface area contributed by atoms with Gasteiger partial charge in [0.15, 0.2) is 0 Å². The third-order valence-corrected chi connectivity index (χ3v) is 5.23. The number of nitrogens with one attached hydrogen (secondary N) is 2. The number of nitrogen functional groups attached to an aromatic ring is 1. The van der Waals surface area contributed by atoms with Gasteiger partial charge in [0.05, 0.1) is 5.56 Å². The van der Waals surface area contributed by atoms with Crippen molar-refractivity contribution in [2.45, 2.75) is 24.0 Å². The minimum Gasteiger partial charge on any atom is -0.399 e.